The summed E-state index contributed by atoms with van der Waals surface area (Å²) < 4.78 is 27.3. The fourth-order valence-corrected chi connectivity index (χ4v) is 3.47. The molecule has 0 saturated heterocycles. The van der Waals surface area contributed by atoms with Gasteiger partial charge in [-0.25, -0.2) is 18.1 Å². The zero-order chi connectivity index (χ0) is 15.6. The Morgan fingerprint density at radius 2 is 2.19 bits per heavy atom. The lowest BCUT2D eigenvalue weighted by Gasteiger charge is -2.13. The first-order valence-corrected chi connectivity index (χ1v) is 8.12. The zero-order valence-electron chi connectivity index (χ0n) is 11.6. The fraction of sp³-hybridized carbons (Fsp3) is 0.231. The van der Waals surface area contributed by atoms with Crippen molar-refractivity contribution in [1.29, 1.82) is 0 Å². The maximum atomic E-state index is 12.4. The van der Waals surface area contributed by atoms with E-state index in [4.69, 9.17) is 18.0 Å². The molecular formula is C13H16N4O2S2. The predicted octanol–water partition coefficient (Wildman–Crippen LogP) is 1.39. The highest BCUT2D eigenvalue weighted by Crippen LogP contribution is 2.18. The molecule has 2 rings (SSSR count). The number of imidazole rings is 1. The molecule has 112 valence electrons. The Bertz CT molecular complexity index is 754. The van der Waals surface area contributed by atoms with Gasteiger partial charge < -0.3 is 10.7 Å². The molecule has 0 fully saturated rings. The van der Waals surface area contributed by atoms with Gasteiger partial charge in [-0.3, -0.25) is 0 Å². The first-order chi connectivity index (χ1) is 9.81. The normalized spacial score (nSPS) is 13.0. The smallest absolute Gasteiger partial charge is 0.241 e. The summed E-state index contributed by atoms with van der Waals surface area (Å²) in [7, 11) is -3.64. The van der Waals surface area contributed by atoms with E-state index < -0.39 is 16.1 Å². The third kappa shape index (κ3) is 3.46. The number of nitrogens with one attached hydrogen (secondary N) is 2. The van der Waals surface area contributed by atoms with Gasteiger partial charge in [0.05, 0.1) is 10.9 Å². The number of rotatable bonds is 5. The van der Waals surface area contributed by atoms with Crippen molar-refractivity contribution in [3.8, 4) is 0 Å². The number of nitrogens with two attached hydrogens (primary N) is 1. The van der Waals surface area contributed by atoms with E-state index >= 15 is 0 Å². The summed E-state index contributed by atoms with van der Waals surface area (Å²) in [6, 6.07) is 4.19. The van der Waals surface area contributed by atoms with Gasteiger partial charge in [0.25, 0.3) is 0 Å². The minimum atomic E-state index is -3.64. The Hall–Kier alpha value is -1.77. The third-order valence-electron chi connectivity index (χ3n) is 3.04. The third-order valence-corrected chi connectivity index (χ3v) is 4.79. The monoisotopic (exact) mass is 324 g/mol. The molecule has 8 heteroatoms. The Balaban J connectivity index is 2.28. The van der Waals surface area contributed by atoms with Crippen LogP contribution in [0.15, 0.2) is 35.5 Å². The van der Waals surface area contributed by atoms with Gasteiger partial charge >= 0.3 is 0 Å². The molecule has 21 heavy (non-hydrogen) atoms. The van der Waals surface area contributed by atoms with E-state index in [0.29, 0.717) is 11.4 Å². The first-order valence-electron chi connectivity index (χ1n) is 6.23. The summed E-state index contributed by atoms with van der Waals surface area (Å²) in [5.41, 5.74) is 6.96. The second kappa shape index (κ2) is 5.92. The van der Waals surface area contributed by atoms with Gasteiger partial charge in [-0.2, -0.15) is 0 Å². The van der Waals surface area contributed by atoms with Crippen molar-refractivity contribution >= 4 is 27.2 Å². The van der Waals surface area contributed by atoms with Crippen LogP contribution in [0.1, 0.15) is 29.9 Å². The van der Waals surface area contributed by atoms with Crippen LogP contribution in [0.3, 0.4) is 0 Å². The minimum Gasteiger partial charge on any atom is -0.389 e. The summed E-state index contributed by atoms with van der Waals surface area (Å²) in [4.78, 5) is 7.32. The van der Waals surface area contributed by atoms with Gasteiger partial charge in [0.2, 0.25) is 10.0 Å². The molecule has 6 nitrogen and oxygen atoms in total. The molecule has 0 amide bonds. The van der Waals surface area contributed by atoms with Crippen molar-refractivity contribution in [3.05, 3.63) is 47.5 Å². The molecule has 0 bridgehead atoms. The number of aryl methyl sites for hydroxylation is 1. The number of aromatic amines is 1. The average molecular weight is 324 g/mol. The molecule has 1 aromatic heterocycles. The number of aromatic nitrogens is 2. The van der Waals surface area contributed by atoms with E-state index in [-0.39, 0.29) is 9.88 Å². The number of thiocarbonyl (C=S) groups is 1. The van der Waals surface area contributed by atoms with Crippen molar-refractivity contribution in [2.75, 3.05) is 0 Å². The van der Waals surface area contributed by atoms with Gasteiger partial charge in [0.1, 0.15) is 10.8 Å². The topological polar surface area (TPSA) is 101 Å². The molecule has 0 aliphatic carbocycles. The summed E-state index contributed by atoms with van der Waals surface area (Å²) in [6.45, 7) is 3.48. The molecule has 1 aromatic carbocycles. The lowest BCUT2D eigenvalue weighted by Crippen LogP contribution is -2.27. The summed E-state index contributed by atoms with van der Waals surface area (Å²) >= 11 is 4.91. The van der Waals surface area contributed by atoms with E-state index in [1.807, 2.05) is 0 Å². The van der Waals surface area contributed by atoms with Gasteiger partial charge in [-0.1, -0.05) is 18.3 Å². The van der Waals surface area contributed by atoms with Crippen LogP contribution in [-0.2, 0) is 10.0 Å². The number of hydrogen-bond donors (Lipinski definition) is 3. The van der Waals surface area contributed by atoms with E-state index in [2.05, 4.69) is 14.7 Å². The Morgan fingerprint density at radius 1 is 1.48 bits per heavy atom. The van der Waals surface area contributed by atoms with Crippen LogP contribution in [0.2, 0.25) is 0 Å². The molecule has 0 spiro atoms. The summed E-state index contributed by atoms with van der Waals surface area (Å²) in [5.74, 6) is 0.551. The van der Waals surface area contributed by atoms with E-state index in [1.54, 1.807) is 38.4 Å². The van der Waals surface area contributed by atoms with E-state index in [9.17, 15) is 8.42 Å². The zero-order valence-corrected chi connectivity index (χ0v) is 13.3. The minimum absolute atomic E-state index is 0.165. The number of hydrogen-bond acceptors (Lipinski definition) is 4. The molecule has 4 N–H and O–H groups in total. The Morgan fingerprint density at radius 3 is 2.71 bits per heavy atom. The van der Waals surface area contributed by atoms with Crippen molar-refractivity contribution < 1.29 is 8.42 Å². The molecule has 1 heterocycles. The summed E-state index contributed by atoms with van der Waals surface area (Å²) in [6.07, 6.45) is 3.21. The van der Waals surface area contributed by atoms with E-state index in [1.165, 1.54) is 6.07 Å². The highest BCUT2D eigenvalue weighted by Gasteiger charge is 2.20. The highest BCUT2D eigenvalue weighted by molar-refractivity contribution is 7.89. The van der Waals surface area contributed by atoms with Crippen molar-refractivity contribution in [1.82, 2.24) is 14.7 Å². The van der Waals surface area contributed by atoms with Crippen LogP contribution in [0.25, 0.3) is 0 Å². The Kier molecular flexibility index (Phi) is 4.40. The van der Waals surface area contributed by atoms with Crippen molar-refractivity contribution in [3.63, 3.8) is 0 Å². The molecule has 0 aliphatic rings. The van der Waals surface area contributed by atoms with Crippen LogP contribution in [-0.4, -0.2) is 23.4 Å². The summed E-state index contributed by atoms with van der Waals surface area (Å²) in [5, 5.41) is 0. The van der Waals surface area contributed by atoms with Gasteiger partial charge in [-0.05, 0) is 31.5 Å². The molecule has 0 aliphatic heterocycles. The van der Waals surface area contributed by atoms with Crippen LogP contribution in [0.4, 0.5) is 0 Å². The number of sulfonamides is 1. The lowest BCUT2D eigenvalue weighted by atomic mass is 10.1. The molecule has 1 unspecified atom stereocenters. The van der Waals surface area contributed by atoms with Crippen LogP contribution in [0, 0.1) is 6.92 Å². The number of nitrogens with zero attached hydrogens (tertiary/aromatic N) is 1. The SMILES string of the molecule is Cc1cc(S(=O)(=O)NC(C)c2ncc[nH]2)ccc1C(N)=S. The maximum Gasteiger partial charge on any atom is 0.241 e. The van der Waals surface area contributed by atoms with Crippen LogP contribution in [0.5, 0.6) is 0 Å². The fourth-order valence-electron chi connectivity index (χ4n) is 1.95. The second-order valence-electron chi connectivity index (χ2n) is 4.66. The van der Waals surface area contributed by atoms with Gasteiger partial charge in [0.15, 0.2) is 0 Å². The van der Waals surface area contributed by atoms with Crippen molar-refractivity contribution in [2.45, 2.75) is 24.8 Å². The largest absolute Gasteiger partial charge is 0.389 e. The molecule has 1 atom stereocenters. The predicted molar refractivity (Wildman–Crippen MR) is 84.4 cm³/mol. The first kappa shape index (κ1) is 15.6. The molecule has 0 radical (unpaired) electrons. The molecule has 2 aromatic rings. The average Bonchev–Trinajstić information content (AvgIpc) is 2.91. The number of H-pyrrole nitrogens is 1. The standard InChI is InChI=1S/C13H16N4O2S2/c1-8-7-10(3-4-11(8)12(14)20)21(18,19)17-9(2)13-15-5-6-16-13/h3-7,9,17H,1-2H3,(H2,14,20)(H,15,16). The molecular weight excluding hydrogens is 308 g/mol. The van der Waals surface area contributed by atoms with E-state index in [0.717, 1.165) is 5.56 Å². The molecule has 0 saturated carbocycles. The quantitative estimate of drug-likeness (QED) is 0.722. The van der Waals surface area contributed by atoms with Crippen LogP contribution >= 0.6 is 12.2 Å². The maximum absolute atomic E-state index is 12.4. The lowest BCUT2D eigenvalue weighted by molar-refractivity contribution is 0.561. The van der Waals surface area contributed by atoms with Crippen LogP contribution < -0.4 is 10.5 Å². The highest BCUT2D eigenvalue weighted by atomic mass is 32.2. The van der Waals surface area contributed by atoms with Crippen molar-refractivity contribution in [2.24, 2.45) is 5.73 Å². The van der Waals surface area contributed by atoms with Gasteiger partial charge in [0, 0.05) is 18.0 Å². The number of benzene rings is 1. The Labute approximate surface area is 128 Å². The second-order valence-corrected chi connectivity index (χ2v) is 6.81. The van der Waals surface area contributed by atoms with Gasteiger partial charge in [-0.15, -0.1) is 0 Å².